The average Bonchev–Trinajstić information content (AvgIpc) is 2.39. The van der Waals surface area contributed by atoms with Crippen LogP contribution in [0.25, 0.3) is 0 Å². The lowest BCUT2D eigenvalue weighted by Crippen LogP contribution is -2.25. The number of hydrogen-bond donors (Lipinski definition) is 1. The number of amides is 1. The first-order valence-corrected chi connectivity index (χ1v) is 5.41. The number of carbonyl (C=O) groups is 1. The quantitative estimate of drug-likeness (QED) is 0.857. The highest BCUT2D eigenvalue weighted by molar-refractivity contribution is 5.77. The van der Waals surface area contributed by atoms with Gasteiger partial charge in [-0.05, 0) is 24.3 Å². The van der Waals surface area contributed by atoms with Crippen molar-refractivity contribution in [3.05, 3.63) is 60.2 Å². The maximum atomic E-state index is 11.6. The molecule has 0 aliphatic carbocycles. The van der Waals surface area contributed by atoms with Crippen LogP contribution in [0, 0.1) is 0 Å². The van der Waals surface area contributed by atoms with E-state index < -0.39 is 0 Å². The van der Waals surface area contributed by atoms with Gasteiger partial charge in [-0.2, -0.15) is 0 Å². The van der Waals surface area contributed by atoms with Crippen LogP contribution in [-0.2, 0) is 17.8 Å². The third kappa shape index (κ3) is 3.68. The summed E-state index contributed by atoms with van der Waals surface area (Å²) in [6.07, 6.45) is 3.69. The van der Waals surface area contributed by atoms with E-state index in [4.69, 9.17) is 0 Å². The second-order valence-corrected chi connectivity index (χ2v) is 3.60. The molecule has 2 heterocycles. The summed E-state index contributed by atoms with van der Waals surface area (Å²) in [6, 6.07) is 11.2. The topological polar surface area (TPSA) is 54.9 Å². The monoisotopic (exact) mass is 227 g/mol. The van der Waals surface area contributed by atoms with E-state index in [1.807, 2.05) is 36.4 Å². The molecule has 0 saturated carbocycles. The Morgan fingerprint density at radius 2 is 1.65 bits per heavy atom. The van der Waals surface area contributed by atoms with Gasteiger partial charge in [-0.15, -0.1) is 0 Å². The maximum absolute atomic E-state index is 11.6. The van der Waals surface area contributed by atoms with Gasteiger partial charge < -0.3 is 5.32 Å². The van der Waals surface area contributed by atoms with Crippen LogP contribution in [0.3, 0.4) is 0 Å². The summed E-state index contributed by atoms with van der Waals surface area (Å²) in [7, 11) is 0. The summed E-state index contributed by atoms with van der Waals surface area (Å²) in [5, 5.41) is 2.81. The van der Waals surface area contributed by atoms with Crippen molar-refractivity contribution >= 4 is 5.91 Å². The van der Waals surface area contributed by atoms with Gasteiger partial charge >= 0.3 is 0 Å². The van der Waals surface area contributed by atoms with E-state index in [1.54, 1.807) is 12.4 Å². The molecule has 0 aliphatic heterocycles. The first-order valence-electron chi connectivity index (χ1n) is 5.41. The molecule has 86 valence electrons. The molecule has 0 fully saturated rings. The molecule has 17 heavy (non-hydrogen) atoms. The maximum Gasteiger partial charge on any atom is 0.226 e. The van der Waals surface area contributed by atoms with E-state index in [-0.39, 0.29) is 5.91 Å². The molecule has 0 aromatic carbocycles. The second kappa shape index (κ2) is 5.75. The Kier molecular flexibility index (Phi) is 3.81. The normalized spacial score (nSPS) is 9.88. The van der Waals surface area contributed by atoms with Crippen molar-refractivity contribution in [3.8, 4) is 0 Å². The van der Waals surface area contributed by atoms with Gasteiger partial charge in [0.2, 0.25) is 5.91 Å². The van der Waals surface area contributed by atoms with Crippen LogP contribution in [0.2, 0.25) is 0 Å². The lowest BCUT2D eigenvalue weighted by Gasteiger charge is -2.04. The Bertz CT molecular complexity index is 471. The Morgan fingerprint density at radius 3 is 2.24 bits per heavy atom. The highest BCUT2D eigenvalue weighted by Crippen LogP contribution is 1.96. The second-order valence-electron chi connectivity index (χ2n) is 3.60. The molecule has 4 heteroatoms. The Morgan fingerprint density at radius 1 is 1.00 bits per heavy atom. The van der Waals surface area contributed by atoms with Crippen LogP contribution in [0.1, 0.15) is 11.4 Å². The largest absolute Gasteiger partial charge is 0.350 e. The molecular weight excluding hydrogens is 214 g/mol. The van der Waals surface area contributed by atoms with Crippen LogP contribution in [0.15, 0.2) is 48.8 Å². The molecule has 1 N–H and O–H groups in total. The van der Waals surface area contributed by atoms with E-state index in [0.29, 0.717) is 13.0 Å². The van der Waals surface area contributed by atoms with Crippen molar-refractivity contribution in [2.75, 3.05) is 0 Å². The zero-order valence-electron chi connectivity index (χ0n) is 9.34. The number of pyridine rings is 2. The van der Waals surface area contributed by atoms with Gasteiger partial charge in [0.1, 0.15) is 0 Å². The van der Waals surface area contributed by atoms with E-state index in [2.05, 4.69) is 15.3 Å². The summed E-state index contributed by atoms with van der Waals surface area (Å²) in [5.74, 6) is -0.0469. The molecule has 0 spiro atoms. The molecule has 0 unspecified atom stereocenters. The molecule has 0 saturated heterocycles. The number of nitrogens with zero attached hydrogens (tertiary/aromatic N) is 2. The summed E-state index contributed by atoms with van der Waals surface area (Å²) < 4.78 is 0. The Balaban J connectivity index is 1.83. The van der Waals surface area contributed by atoms with Crippen LogP contribution >= 0.6 is 0 Å². The standard InChI is InChI=1S/C13H13N3O/c17-13(9-11-5-1-3-7-14-11)16-10-12-6-2-4-8-15-12/h1-8H,9-10H2,(H,16,17). The molecule has 2 rings (SSSR count). The summed E-state index contributed by atoms with van der Waals surface area (Å²) >= 11 is 0. The van der Waals surface area contributed by atoms with Crippen molar-refractivity contribution in [2.24, 2.45) is 0 Å². The van der Waals surface area contributed by atoms with E-state index >= 15 is 0 Å². The Labute approximate surface area is 99.7 Å². The molecule has 0 atom stereocenters. The summed E-state index contributed by atoms with van der Waals surface area (Å²) in [6.45, 7) is 0.451. The first-order chi connectivity index (χ1) is 8.34. The minimum absolute atomic E-state index is 0.0469. The smallest absolute Gasteiger partial charge is 0.226 e. The zero-order valence-corrected chi connectivity index (χ0v) is 9.34. The van der Waals surface area contributed by atoms with E-state index in [9.17, 15) is 4.79 Å². The molecule has 0 aliphatic rings. The number of aromatic nitrogens is 2. The Hall–Kier alpha value is -2.23. The van der Waals surface area contributed by atoms with Crippen molar-refractivity contribution < 1.29 is 4.79 Å². The number of carbonyl (C=O) groups excluding carboxylic acids is 1. The fraction of sp³-hybridized carbons (Fsp3) is 0.154. The van der Waals surface area contributed by atoms with E-state index in [0.717, 1.165) is 11.4 Å². The molecule has 2 aromatic rings. The van der Waals surface area contributed by atoms with Gasteiger partial charge in [0.05, 0.1) is 18.7 Å². The number of hydrogen-bond acceptors (Lipinski definition) is 3. The number of nitrogens with one attached hydrogen (secondary N) is 1. The fourth-order valence-corrected chi connectivity index (χ4v) is 1.42. The fourth-order valence-electron chi connectivity index (χ4n) is 1.42. The lowest BCUT2D eigenvalue weighted by molar-refractivity contribution is -0.120. The van der Waals surface area contributed by atoms with Gasteiger partial charge in [0.25, 0.3) is 0 Å². The molecule has 0 radical (unpaired) electrons. The molecular formula is C13H13N3O. The molecule has 4 nitrogen and oxygen atoms in total. The molecule has 2 aromatic heterocycles. The lowest BCUT2D eigenvalue weighted by atomic mass is 10.2. The third-order valence-electron chi connectivity index (χ3n) is 2.26. The third-order valence-corrected chi connectivity index (χ3v) is 2.26. The van der Waals surface area contributed by atoms with Crippen molar-refractivity contribution in [2.45, 2.75) is 13.0 Å². The summed E-state index contributed by atoms with van der Waals surface area (Å²) in [5.41, 5.74) is 1.62. The highest BCUT2D eigenvalue weighted by Gasteiger charge is 2.03. The van der Waals surface area contributed by atoms with Gasteiger partial charge in [-0.25, -0.2) is 0 Å². The van der Waals surface area contributed by atoms with Gasteiger partial charge in [0.15, 0.2) is 0 Å². The van der Waals surface area contributed by atoms with Crippen molar-refractivity contribution in [1.29, 1.82) is 0 Å². The van der Waals surface area contributed by atoms with Crippen LogP contribution in [-0.4, -0.2) is 15.9 Å². The predicted octanol–water partition coefficient (Wildman–Crippen LogP) is 1.34. The minimum Gasteiger partial charge on any atom is -0.350 e. The van der Waals surface area contributed by atoms with Crippen LogP contribution in [0.4, 0.5) is 0 Å². The highest BCUT2D eigenvalue weighted by atomic mass is 16.1. The predicted molar refractivity (Wildman–Crippen MR) is 64.0 cm³/mol. The zero-order chi connectivity index (χ0) is 11.9. The molecule has 0 bridgehead atoms. The van der Waals surface area contributed by atoms with E-state index in [1.165, 1.54) is 0 Å². The van der Waals surface area contributed by atoms with Gasteiger partial charge in [-0.3, -0.25) is 14.8 Å². The summed E-state index contributed by atoms with van der Waals surface area (Å²) in [4.78, 5) is 19.8. The van der Waals surface area contributed by atoms with Crippen molar-refractivity contribution in [1.82, 2.24) is 15.3 Å². The molecule has 1 amide bonds. The number of rotatable bonds is 4. The van der Waals surface area contributed by atoms with Crippen LogP contribution in [0.5, 0.6) is 0 Å². The van der Waals surface area contributed by atoms with Gasteiger partial charge in [0, 0.05) is 18.1 Å². The van der Waals surface area contributed by atoms with Gasteiger partial charge in [-0.1, -0.05) is 12.1 Å². The first kappa shape index (κ1) is 11.3. The minimum atomic E-state index is -0.0469. The van der Waals surface area contributed by atoms with Crippen molar-refractivity contribution in [3.63, 3.8) is 0 Å². The van der Waals surface area contributed by atoms with Crippen LogP contribution < -0.4 is 5.32 Å². The average molecular weight is 227 g/mol. The SMILES string of the molecule is O=C(Cc1ccccn1)NCc1ccccn1.